The maximum atomic E-state index is 12.2. The molecule has 1 aromatic heterocycles. The highest BCUT2D eigenvalue weighted by molar-refractivity contribution is 9.10. The van der Waals surface area contributed by atoms with E-state index in [-0.39, 0.29) is 4.90 Å². The molecule has 0 unspecified atom stereocenters. The highest BCUT2D eigenvalue weighted by Crippen LogP contribution is 2.22. The minimum Gasteiger partial charge on any atom is -0.278 e. The van der Waals surface area contributed by atoms with Gasteiger partial charge in [-0.25, -0.2) is 13.4 Å². The second-order valence-corrected chi connectivity index (χ2v) is 7.24. The predicted octanol–water partition coefficient (Wildman–Crippen LogP) is 3.72. The number of hydrogen-bond donors (Lipinski definition) is 1. The van der Waals surface area contributed by atoms with Gasteiger partial charge >= 0.3 is 0 Å². The number of benzene rings is 1. The Hall–Kier alpha value is -0.920. The summed E-state index contributed by atoms with van der Waals surface area (Å²) >= 11 is 6.53. The van der Waals surface area contributed by atoms with E-state index in [9.17, 15) is 8.42 Å². The summed E-state index contributed by atoms with van der Waals surface area (Å²) in [5.74, 6) is 0. The van der Waals surface area contributed by atoms with E-state index in [2.05, 4.69) is 41.6 Å². The molecule has 0 aliphatic heterocycles. The topological polar surface area (TPSA) is 59.1 Å². The third-order valence-corrected chi connectivity index (χ3v) is 5.16. The minimum absolute atomic E-state index is 0.219. The molecule has 19 heavy (non-hydrogen) atoms. The fraction of sp³-hybridized carbons (Fsp3) is 0.0833. The first-order valence-corrected chi connectivity index (χ1v) is 8.36. The molecule has 1 heterocycles. The molecule has 0 saturated carbocycles. The van der Waals surface area contributed by atoms with Crippen LogP contribution in [-0.2, 0) is 10.0 Å². The summed E-state index contributed by atoms with van der Waals surface area (Å²) in [6.07, 6.45) is 1.45. The lowest BCUT2D eigenvalue weighted by Crippen LogP contribution is -2.13. The van der Waals surface area contributed by atoms with Gasteiger partial charge in [0.1, 0.15) is 4.60 Å². The molecule has 0 bridgehead atoms. The summed E-state index contributed by atoms with van der Waals surface area (Å²) in [6, 6.07) is 8.18. The molecule has 0 aliphatic rings. The van der Waals surface area contributed by atoms with Gasteiger partial charge in [-0.2, -0.15) is 0 Å². The van der Waals surface area contributed by atoms with E-state index >= 15 is 0 Å². The highest BCUT2D eigenvalue weighted by Gasteiger charge is 2.15. The Bertz CT molecular complexity index is 700. The van der Waals surface area contributed by atoms with Crippen molar-refractivity contribution >= 4 is 47.6 Å². The van der Waals surface area contributed by atoms with Crippen LogP contribution in [-0.4, -0.2) is 13.4 Å². The Morgan fingerprint density at radius 1 is 1.16 bits per heavy atom. The number of nitrogens with zero attached hydrogens (tertiary/aromatic N) is 1. The number of rotatable bonds is 3. The van der Waals surface area contributed by atoms with E-state index in [0.717, 1.165) is 10.0 Å². The Balaban J connectivity index is 2.32. The number of halogens is 2. The number of anilines is 1. The van der Waals surface area contributed by atoms with Crippen LogP contribution in [0.25, 0.3) is 0 Å². The fourth-order valence-electron chi connectivity index (χ4n) is 1.43. The van der Waals surface area contributed by atoms with Gasteiger partial charge in [-0.15, -0.1) is 0 Å². The first-order chi connectivity index (χ1) is 8.88. The fourth-order valence-corrected chi connectivity index (χ4v) is 3.04. The molecule has 7 heteroatoms. The lowest BCUT2D eigenvalue weighted by molar-refractivity contribution is 0.601. The van der Waals surface area contributed by atoms with Gasteiger partial charge in [0.05, 0.1) is 16.8 Å². The molecular formula is C12H10Br2N2O2S. The molecule has 4 nitrogen and oxygen atoms in total. The Morgan fingerprint density at radius 3 is 2.47 bits per heavy atom. The molecule has 0 radical (unpaired) electrons. The number of nitrogens with one attached hydrogen (secondary N) is 1. The average Bonchev–Trinajstić information content (AvgIpc) is 2.35. The highest BCUT2D eigenvalue weighted by atomic mass is 79.9. The standard InChI is InChI=1S/C12H10Br2N2O2S/c1-8-6-10(3-4-11(8)13)19(17,18)16-9-2-5-12(14)15-7-9/h2-7,16H,1H3. The van der Waals surface area contributed by atoms with E-state index in [0.29, 0.717) is 10.3 Å². The van der Waals surface area contributed by atoms with E-state index in [4.69, 9.17) is 0 Å². The van der Waals surface area contributed by atoms with Crippen LogP contribution in [0, 0.1) is 6.92 Å². The van der Waals surface area contributed by atoms with Gasteiger partial charge in [0.15, 0.2) is 0 Å². The van der Waals surface area contributed by atoms with Gasteiger partial charge in [-0.05, 0) is 58.7 Å². The predicted molar refractivity (Wildman–Crippen MR) is 81.6 cm³/mol. The summed E-state index contributed by atoms with van der Waals surface area (Å²) in [5.41, 5.74) is 1.28. The SMILES string of the molecule is Cc1cc(S(=O)(=O)Nc2ccc(Br)nc2)ccc1Br. The first kappa shape index (κ1) is 14.5. The summed E-state index contributed by atoms with van der Waals surface area (Å²) in [5, 5.41) is 0. The van der Waals surface area contributed by atoms with Crippen molar-refractivity contribution in [2.24, 2.45) is 0 Å². The van der Waals surface area contributed by atoms with Gasteiger partial charge in [0.2, 0.25) is 0 Å². The van der Waals surface area contributed by atoms with Crippen molar-refractivity contribution in [2.75, 3.05) is 4.72 Å². The molecule has 2 rings (SSSR count). The first-order valence-electron chi connectivity index (χ1n) is 5.29. The van der Waals surface area contributed by atoms with E-state index in [1.54, 1.807) is 30.3 Å². The number of sulfonamides is 1. The van der Waals surface area contributed by atoms with Crippen LogP contribution < -0.4 is 4.72 Å². The van der Waals surface area contributed by atoms with E-state index < -0.39 is 10.0 Å². The van der Waals surface area contributed by atoms with Gasteiger partial charge in [0, 0.05) is 4.47 Å². The summed E-state index contributed by atoms with van der Waals surface area (Å²) in [6.45, 7) is 1.84. The van der Waals surface area contributed by atoms with Crippen molar-refractivity contribution in [1.82, 2.24) is 4.98 Å². The van der Waals surface area contributed by atoms with Crippen LogP contribution in [0.5, 0.6) is 0 Å². The molecule has 0 atom stereocenters. The maximum Gasteiger partial charge on any atom is 0.261 e. The van der Waals surface area contributed by atoms with Crippen molar-refractivity contribution in [2.45, 2.75) is 11.8 Å². The molecule has 0 fully saturated rings. The lowest BCUT2D eigenvalue weighted by atomic mass is 10.2. The van der Waals surface area contributed by atoms with Crippen molar-refractivity contribution in [1.29, 1.82) is 0 Å². The third kappa shape index (κ3) is 3.55. The largest absolute Gasteiger partial charge is 0.278 e. The Labute approximate surface area is 128 Å². The molecule has 1 aromatic carbocycles. The Morgan fingerprint density at radius 2 is 1.89 bits per heavy atom. The van der Waals surface area contributed by atoms with Crippen molar-refractivity contribution in [3.63, 3.8) is 0 Å². The van der Waals surface area contributed by atoms with E-state index in [1.165, 1.54) is 6.20 Å². The zero-order valence-electron chi connectivity index (χ0n) is 9.89. The monoisotopic (exact) mass is 404 g/mol. The second-order valence-electron chi connectivity index (χ2n) is 3.89. The van der Waals surface area contributed by atoms with Crippen LogP contribution in [0.1, 0.15) is 5.56 Å². The molecule has 0 aliphatic carbocycles. The zero-order chi connectivity index (χ0) is 14.0. The van der Waals surface area contributed by atoms with Crippen LogP contribution in [0.4, 0.5) is 5.69 Å². The molecule has 2 aromatic rings. The summed E-state index contributed by atoms with van der Waals surface area (Å²) < 4.78 is 28.4. The lowest BCUT2D eigenvalue weighted by Gasteiger charge is -2.09. The summed E-state index contributed by atoms with van der Waals surface area (Å²) in [4.78, 5) is 4.19. The van der Waals surface area contributed by atoms with Crippen LogP contribution in [0.15, 0.2) is 50.5 Å². The minimum atomic E-state index is -3.59. The molecule has 0 saturated heterocycles. The van der Waals surface area contributed by atoms with Crippen molar-refractivity contribution in [3.8, 4) is 0 Å². The van der Waals surface area contributed by atoms with Gasteiger partial charge in [-0.3, -0.25) is 4.72 Å². The van der Waals surface area contributed by atoms with Crippen LogP contribution >= 0.6 is 31.9 Å². The van der Waals surface area contributed by atoms with Crippen molar-refractivity contribution in [3.05, 3.63) is 51.2 Å². The second kappa shape index (κ2) is 5.60. The molecule has 0 spiro atoms. The van der Waals surface area contributed by atoms with Gasteiger partial charge in [-0.1, -0.05) is 15.9 Å². The molecule has 0 amide bonds. The van der Waals surface area contributed by atoms with Gasteiger partial charge in [0.25, 0.3) is 10.0 Å². The molecule has 1 N–H and O–H groups in total. The Kier molecular flexibility index (Phi) is 4.27. The number of aromatic nitrogens is 1. The van der Waals surface area contributed by atoms with Crippen molar-refractivity contribution < 1.29 is 8.42 Å². The number of aryl methyl sites for hydroxylation is 1. The van der Waals surface area contributed by atoms with Gasteiger partial charge < -0.3 is 0 Å². The quantitative estimate of drug-likeness (QED) is 0.791. The van der Waals surface area contributed by atoms with Crippen LogP contribution in [0.3, 0.4) is 0 Å². The number of pyridine rings is 1. The normalized spacial score (nSPS) is 11.3. The van der Waals surface area contributed by atoms with Crippen LogP contribution in [0.2, 0.25) is 0 Å². The summed E-state index contributed by atoms with van der Waals surface area (Å²) in [7, 11) is -3.59. The third-order valence-electron chi connectivity index (χ3n) is 2.42. The smallest absolute Gasteiger partial charge is 0.261 e. The van der Waals surface area contributed by atoms with E-state index in [1.807, 2.05) is 6.92 Å². The molecule has 100 valence electrons. The average molecular weight is 406 g/mol. The zero-order valence-corrected chi connectivity index (χ0v) is 13.9. The maximum absolute atomic E-state index is 12.2. The molecular weight excluding hydrogens is 396 g/mol. The number of hydrogen-bond acceptors (Lipinski definition) is 3.